The molecule has 0 radical (unpaired) electrons. The lowest BCUT2D eigenvalue weighted by atomic mass is 10.4. The number of nitrogens with zero attached hydrogens (tertiary/aromatic N) is 3. The molecule has 0 spiro atoms. The molecule has 0 amide bonds. The third-order valence-electron chi connectivity index (χ3n) is 1.49. The first kappa shape index (κ1) is 6.09. The molecule has 0 aromatic carbocycles. The van der Waals surface area contributed by atoms with Crippen LogP contribution in [0.25, 0.3) is 11.2 Å². The van der Waals surface area contributed by atoms with E-state index in [1.165, 1.54) is 0 Å². The lowest BCUT2D eigenvalue weighted by molar-refractivity contribution is 0.954. The number of fused-ring (bicyclic) bond motifs is 1. The highest BCUT2D eigenvalue weighted by atomic mass is 15.3. The normalized spacial score (nSPS) is 10.3. The third kappa shape index (κ3) is 0.813. The Morgan fingerprint density at radius 2 is 2.36 bits per heavy atom. The van der Waals surface area contributed by atoms with Gasteiger partial charge in [0.2, 0.25) is 5.65 Å². The summed E-state index contributed by atoms with van der Waals surface area (Å²) in [5.74, 6) is 0. The molecule has 0 saturated carbocycles. The number of rotatable bonds is 1. The van der Waals surface area contributed by atoms with Crippen LogP contribution in [0.3, 0.4) is 0 Å². The Balaban J connectivity index is 2.79. The average molecular weight is 149 g/mol. The van der Waals surface area contributed by atoms with Crippen molar-refractivity contribution in [3.63, 3.8) is 0 Å². The zero-order chi connectivity index (χ0) is 7.68. The van der Waals surface area contributed by atoms with Crippen LogP contribution in [0, 0.1) is 0 Å². The average Bonchev–Trinajstić information content (AvgIpc) is 2.50. The van der Waals surface area contributed by atoms with Gasteiger partial charge < -0.3 is 5.32 Å². The van der Waals surface area contributed by atoms with Crippen LogP contribution >= 0.6 is 0 Å². The molecule has 0 aliphatic rings. The van der Waals surface area contributed by atoms with Crippen molar-refractivity contribution in [2.75, 3.05) is 12.4 Å². The second kappa shape index (κ2) is 2.19. The Morgan fingerprint density at radius 1 is 1.45 bits per heavy atom. The minimum atomic E-state index is 0.636. The first-order chi connectivity index (χ1) is 5.42. The number of pyridine rings is 1. The Morgan fingerprint density at radius 3 is 3.18 bits per heavy atom. The number of hydrogen-bond donors (Lipinski definition) is 2. The molecule has 2 aromatic heterocycles. The number of anilines is 1. The largest absolute Gasteiger partial charge is 0.386 e. The van der Waals surface area contributed by atoms with Crippen molar-refractivity contribution in [1.82, 2.24) is 20.4 Å². The summed E-state index contributed by atoms with van der Waals surface area (Å²) in [4.78, 5) is 4.00. The van der Waals surface area contributed by atoms with E-state index < -0.39 is 0 Å². The number of aromatic amines is 1. The fraction of sp³-hybridized carbons (Fsp3) is 0.167. The molecule has 0 bridgehead atoms. The van der Waals surface area contributed by atoms with Gasteiger partial charge >= 0.3 is 0 Å². The van der Waals surface area contributed by atoms with E-state index >= 15 is 0 Å². The van der Waals surface area contributed by atoms with E-state index in [4.69, 9.17) is 0 Å². The highest BCUT2D eigenvalue weighted by Gasteiger charge is 2.01. The molecule has 56 valence electrons. The van der Waals surface area contributed by atoms with E-state index in [1.807, 2.05) is 13.1 Å². The summed E-state index contributed by atoms with van der Waals surface area (Å²) >= 11 is 0. The Kier molecular flexibility index (Phi) is 1.21. The summed E-state index contributed by atoms with van der Waals surface area (Å²) in [5.41, 5.74) is 2.34. The monoisotopic (exact) mass is 149 g/mol. The molecule has 0 saturated heterocycles. The lowest BCUT2D eigenvalue weighted by Gasteiger charge is -1.96. The standard InChI is InChI=1S/C6H7N5/c1-7-4-2-3-8-6-5(4)9-11-10-6/h2-3H,1H3,(H2,7,8,9,10,11). The Bertz CT molecular complexity index is 366. The van der Waals surface area contributed by atoms with Gasteiger partial charge in [-0.25, -0.2) is 4.98 Å². The van der Waals surface area contributed by atoms with Crippen LogP contribution in [-0.4, -0.2) is 27.4 Å². The van der Waals surface area contributed by atoms with Crippen molar-refractivity contribution in [3.8, 4) is 0 Å². The van der Waals surface area contributed by atoms with Gasteiger partial charge in [-0.05, 0) is 6.07 Å². The fourth-order valence-corrected chi connectivity index (χ4v) is 0.959. The molecule has 2 heterocycles. The highest BCUT2D eigenvalue weighted by molar-refractivity contribution is 5.83. The molecule has 5 nitrogen and oxygen atoms in total. The fourth-order valence-electron chi connectivity index (χ4n) is 0.959. The van der Waals surface area contributed by atoms with E-state index in [1.54, 1.807) is 6.20 Å². The summed E-state index contributed by atoms with van der Waals surface area (Å²) in [5, 5.41) is 13.3. The van der Waals surface area contributed by atoms with E-state index in [0.29, 0.717) is 5.65 Å². The summed E-state index contributed by atoms with van der Waals surface area (Å²) < 4.78 is 0. The predicted octanol–water partition coefficient (Wildman–Crippen LogP) is 0.395. The van der Waals surface area contributed by atoms with Gasteiger partial charge in [-0.2, -0.15) is 10.3 Å². The van der Waals surface area contributed by atoms with Crippen molar-refractivity contribution in [3.05, 3.63) is 12.3 Å². The molecule has 5 heteroatoms. The summed E-state index contributed by atoms with van der Waals surface area (Å²) in [7, 11) is 1.84. The molecule has 0 aliphatic heterocycles. The van der Waals surface area contributed by atoms with Crippen LogP contribution in [-0.2, 0) is 0 Å². The molecule has 0 aliphatic carbocycles. The molecular weight excluding hydrogens is 142 g/mol. The van der Waals surface area contributed by atoms with E-state index in [9.17, 15) is 0 Å². The molecule has 2 rings (SSSR count). The van der Waals surface area contributed by atoms with Crippen LogP contribution in [0.15, 0.2) is 12.3 Å². The smallest absolute Gasteiger partial charge is 0.203 e. The summed E-state index contributed by atoms with van der Waals surface area (Å²) in [6, 6.07) is 1.85. The number of H-pyrrole nitrogens is 1. The molecule has 0 unspecified atom stereocenters. The quantitative estimate of drug-likeness (QED) is 0.615. The maximum absolute atomic E-state index is 4.00. The zero-order valence-electron chi connectivity index (χ0n) is 6.00. The predicted molar refractivity (Wildman–Crippen MR) is 41.2 cm³/mol. The van der Waals surface area contributed by atoms with Crippen molar-refractivity contribution in [2.24, 2.45) is 0 Å². The van der Waals surface area contributed by atoms with Crippen LogP contribution in [0.5, 0.6) is 0 Å². The second-order valence-electron chi connectivity index (χ2n) is 2.10. The van der Waals surface area contributed by atoms with Crippen LogP contribution < -0.4 is 5.32 Å². The van der Waals surface area contributed by atoms with Gasteiger partial charge in [0.1, 0.15) is 0 Å². The summed E-state index contributed by atoms with van der Waals surface area (Å²) in [6.07, 6.45) is 1.69. The SMILES string of the molecule is CNc1ccnc2n[nH]nc12. The maximum atomic E-state index is 4.00. The maximum Gasteiger partial charge on any atom is 0.203 e. The van der Waals surface area contributed by atoms with Crippen molar-refractivity contribution in [1.29, 1.82) is 0 Å². The van der Waals surface area contributed by atoms with Gasteiger partial charge in [-0.15, -0.1) is 5.10 Å². The topological polar surface area (TPSA) is 66.5 Å². The lowest BCUT2D eigenvalue weighted by Crippen LogP contribution is -1.89. The summed E-state index contributed by atoms with van der Waals surface area (Å²) in [6.45, 7) is 0. The Labute approximate surface area is 62.8 Å². The second-order valence-corrected chi connectivity index (χ2v) is 2.10. The van der Waals surface area contributed by atoms with E-state index in [2.05, 4.69) is 25.7 Å². The Hall–Kier alpha value is -1.65. The first-order valence-electron chi connectivity index (χ1n) is 3.25. The minimum absolute atomic E-state index is 0.636. The van der Waals surface area contributed by atoms with Gasteiger partial charge in [0.05, 0.1) is 5.69 Å². The van der Waals surface area contributed by atoms with Gasteiger partial charge in [0.25, 0.3) is 0 Å². The van der Waals surface area contributed by atoms with Crippen molar-refractivity contribution >= 4 is 16.9 Å². The number of aromatic nitrogens is 4. The van der Waals surface area contributed by atoms with E-state index in [0.717, 1.165) is 11.2 Å². The van der Waals surface area contributed by atoms with Gasteiger partial charge in [-0.1, -0.05) is 0 Å². The van der Waals surface area contributed by atoms with Crippen LogP contribution in [0.4, 0.5) is 5.69 Å². The first-order valence-corrected chi connectivity index (χ1v) is 3.25. The van der Waals surface area contributed by atoms with Crippen molar-refractivity contribution < 1.29 is 0 Å². The van der Waals surface area contributed by atoms with Gasteiger partial charge in [-0.3, -0.25) is 0 Å². The number of nitrogens with one attached hydrogen (secondary N) is 2. The van der Waals surface area contributed by atoms with Gasteiger partial charge in [0.15, 0.2) is 5.52 Å². The molecule has 11 heavy (non-hydrogen) atoms. The molecule has 2 aromatic rings. The molecule has 0 atom stereocenters. The van der Waals surface area contributed by atoms with E-state index in [-0.39, 0.29) is 0 Å². The molecule has 2 N–H and O–H groups in total. The molecule has 0 fully saturated rings. The highest BCUT2D eigenvalue weighted by Crippen LogP contribution is 2.14. The van der Waals surface area contributed by atoms with Crippen LogP contribution in [0.1, 0.15) is 0 Å². The van der Waals surface area contributed by atoms with Gasteiger partial charge in [0, 0.05) is 13.2 Å². The number of hydrogen-bond acceptors (Lipinski definition) is 4. The minimum Gasteiger partial charge on any atom is -0.386 e. The third-order valence-corrected chi connectivity index (χ3v) is 1.49. The van der Waals surface area contributed by atoms with Crippen molar-refractivity contribution in [2.45, 2.75) is 0 Å². The molecular formula is C6H7N5. The zero-order valence-corrected chi connectivity index (χ0v) is 6.00. The van der Waals surface area contributed by atoms with Crippen LogP contribution in [0.2, 0.25) is 0 Å².